The fourth-order valence-corrected chi connectivity index (χ4v) is 2.81. The minimum absolute atomic E-state index is 0.258. The van der Waals surface area contributed by atoms with Gasteiger partial charge in [0.1, 0.15) is 0 Å². The van der Waals surface area contributed by atoms with Crippen molar-refractivity contribution in [2.24, 2.45) is 5.16 Å². The Kier molecular flexibility index (Phi) is 3.32. The number of fused-ring (bicyclic) bond motifs is 3. The van der Waals surface area contributed by atoms with Crippen molar-refractivity contribution in [1.29, 1.82) is 0 Å². The van der Waals surface area contributed by atoms with Crippen molar-refractivity contribution in [2.45, 2.75) is 6.92 Å². The Morgan fingerprint density at radius 1 is 0.889 bits per heavy atom. The number of hydrogen-bond acceptors (Lipinski definition) is 2. The molecule has 0 saturated heterocycles. The molecule has 0 unspecified atom stereocenters. The molecule has 0 heterocycles. The molecule has 0 aliphatic heterocycles. The van der Waals surface area contributed by atoms with Crippen LogP contribution in [-0.4, -0.2) is 10.1 Å². The molecular formula is C15H13INO-. The second-order valence-electron chi connectivity index (χ2n) is 3.98. The normalized spacial score (nSPS) is 12.2. The maximum absolute atomic E-state index is 5.48. The monoisotopic (exact) mass is 350 g/mol. The molecule has 1 aliphatic rings. The maximum atomic E-state index is 5.48. The Hall–Kier alpha value is -1.36. The van der Waals surface area contributed by atoms with Crippen LogP contribution in [0.3, 0.4) is 0 Å². The van der Waals surface area contributed by atoms with Crippen molar-refractivity contribution in [2.75, 3.05) is 4.43 Å². The van der Waals surface area contributed by atoms with Gasteiger partial charge in [-0.15, -0.1) is 0 Å². The van der Waals surface area contributed by atoms with Gasteiger partial charge in [0.05, 0.1) is 0 Å². The molecule has 0 N–H and O–H groups in total. The third-order valence-electron chi connectivity index (χ3n) is 2.94. The Morgan fingerprint density at radius 2 is 1.39 bits per heavy atom. The van der Waals surface area contributed by atoms with Crippen molar-refractivity contribution >= 4 is 5.71 Å². The number of benzene rings is 2. The van der Waals surface area contributed by atoms with E-state index in [1.165, 1.54) is 22.3 Å². The van der Waals surface area contributed by atoms with Crippen LogP contribution in [0.5, 0.6) is 0 Å². The average molecular weight is 350 g/mol. The van der Waals surface area contributed by atoms with E-state index in [-0.39, 0.29) is 21.6 Å². The molecule has 92 valence electrons. The molecule has 0 amide bonds. The summed E-state index contributed by atoms with van der Waals surface area (Å²) < 4.78 is 6.56. The van der Waals surface area contributed by atoms with Gasteiger partial charge in [0.2, 0.25) is 0 Å². The first kappa shape index (κ1) is 11.7. The molecule has 3 rings (SSSR count). The summed E-state index contributed by atoms with van der Waals surface area (Å²) >= 11 is -0.258. The summed E-state index contributed by atoms with van der Waals surface area (Å²) in [6, 6.07) is 16.8. The van der Waals surface area contributed by atoms with Gasteiger partial charge in [-0.3, -0.25) is 0 Å². The third kappa shape index (κ3) is 1.92. The molecule has 0 aromatic heterocycles. The second kappa shape index (κ2) is 5.10. The molecule has 1 aliphatic carbocycles. The Labute approximate surface area is 117 Å². The van der Waals surface area contributed by atoms with Gasteiger partial charge in [-0.1, -0.05) is 0 Å². The Bertz CT molecular complexity index is 559. The first-order valence-corrected chi connectivity index (χ1v) is 8.35. The van der Waals surface area contributed by atoms with E-state index in [1.54, 1.807) is 0 Å². The minimum atomic E-state index is -0.258. The summed E-state index contributed by atoms with van der Waals surface area (Å²) in [5, 5.41) is 4.36. The molecule has 2 nitrogen and oxygen atoms in total. The predicted octanol–water partition coefficient (Wildman–Crippen LogP) is 0.460. The van der Waals surface area contributed by atoms with E-state index in [4.69, 9.17) is 3.17 Å². The van der Waals surface area contributed by atoms with Gasteiger partial charge in [0.15, 0.2) is 0 Å². The van der Waals surface area contributed by atoms with Gasteiger partial charge >= 0.3 is 118 Å². The van der Waals surface area contributed by atoms with Crippen molar-refractivity contribution in [3.05, 3.63) is 59.7 Å². The van der Waals surface area contributed by atoms with Crippen molar-refractivity contribution in [1.82, 2.24) is 0 Å². The predicted molar refractivity (Wildman–Crippen MR) is 69.1 cm³/mol. The summed E-state index contributed by atoms with van der Waals surface area (Å²) in [4.78, 5) is 0. The van der Waals surface area contributed by atoms with Crippen LogP contribution in [0.1, 0.15) is 18.1 Å². The number of halogens is 1. The molecule has 0 saturated carbocycles. The van der Waals surface area contributed by atoms with Crippen LogP contribution in [0.25, 0.3) is 11.1 Å². The van der Waals surface area contributed by atoms with Crippen LogP contribution >= 0.6 is 0 Å². The summed E-state index contributed by atoms with van der Waals surface area (Å²) in [6.07, 6.45) is 0. The SMILES string of the molecule is CC[I-]ON=C1c2ccccc2-c2ccccc21. The van der Waals surface area contributed by atoms with Crippen LogP contribution in [0.15, 0.2) is 53.7 Å². The van der Waals surface area contributed by atoms with Gasteiger partial charge in [0.25, 0.3) is 0 Å². The van der Waals surface area contributed by atoms with E-state index < -0.39 is 0 Å². The molecule has 0 spiro atoms. The third-order valence-corrected chi connectivity index (χ3v) is 4.04. The molecule has 0 atom stereocenters. The summed E-state index contributed by atoms with van der Waals surface area (Å²) in [7, 11) is 0. The van der Waals surface area contributed by atoms with E-state index in [0.717, 1.165) is 10.1 Å². The number of rotatable bonds is 3. The number of alkyl halides is 1. The number of hydrogen-bond donors (Lipinski definition) is 0. The summed E-state index contributed by atoms with van der Waals surface area (Å²) in [5.41, 5.74) is 5.85. The average Bonchev–Trinajstić information content (AvgIpc) is 2.74. The van der Waals surface area contributed by atoms with Crippen LogP contribution in [-0.2, 0) is 3.17 Å². The van der Waals surface area contributed by atoms with Crippen molar-refractivity contribution in [3.8, 4) is 11.1 Å². The number of oxime groups is 1. The van der Waals surface area contributed by atoms with E-state index >= 15 is 0 Å². The molecule has 18 heavy (non-hydrogen) atoms. The van der Waals surface area contributed by atoms with Crippen molar-refractivity contribution < 1.29 is 24.8 Å². The first-order chi connectivity index (χ1) is 8.92. The molecule has 2 aromatic rings. The standard InChI is InChI=1S/C15H13INO/c1-2-16-18-17-15-13-9-5-3-7-11(13)12-8-4-6-10-14(12)15/h3-10H,2H2,1H3/q-1. The van der Waals surface area contributed by atoms with Gasteiger partial charge in [0, 0.05) is 0 Å². The van der Waals surface area contributed by atoms with Gasteiger partial charge in [-0.05, 0) is 0 Å². The van der Waals surface area contributed by atoms with Gasteiger partial charge < -0.3 is 0 Å². The molecule has 0 radical (unpaired) electrons. The fraction of sp³-hybridized carbons (Fsp3) is 0.133. The molecule has 2 aromatic carbocycles. The van der Waals surface area contributed by atoms with Gasteiger partial charge in [-0.25, -0.2) is 0 Å². The quantitative estimate of drug-likeness (QED) is 0.291. The zero-order chi connectivity index (χ0) is 12.4. The van der Waals surface area contributed by atoms with E-state index in [9.17, 15) is 0 Å². The molecule has 0 fully saturated rings. The zero-order valence-corrected chi connectivity index (χ0v) is 12.2. The summed E-state index contributed by atoms with van der Waals surface area (Å²) in [6.45, 7) is 2.13. The van der Waals surface area contributed by atoms with E-state index in [1.807, 2.05) is 0 Å². The first-order valence-electron chi connectivity index (χ1n) is 5.94. The fourth-order valence-electron chi connectivity index (χ4n) is 2.20. The summed E-state index contributed by atoms with van der Waals surface area (Å²) in [5.74, 6) is 0. The number of nitrogens with zero attached hydrogens (tertiary/aromatic N) is 1. The molecular weight excluding hydrogens is 337 g/mol. The Morgan fingerprint density at radius 3 is 1.89 bits per heavy atom. The van der Waals surface area contributed by atoms with Crippen LogP contribution < -0.4 is 21.6 Å². The van der Waals surface area contributed by atoms with Crippen LogP contribution in [0.2, 0.25) is 0 Å². The topological polar surface area (TPSA) is 21.6 Å². The zero-order valence-electron chi connectivity index (χ0n) is 10.1. The van der Waals surface area contributed by atoms with Gasteiger partial charge in [-0.2, -0.15) is 0 Å². The second-order valence-corrected chi connectivity index (χ2v) is 6.52. The van der Waals surface area contributed by atoms with Crippen molar-refractivity contribution in [3.63, 3.8) is 0 Å². The Balaban J connectivity index is 2.12. The van der Waals surface area contributed by atoms with Crippen LogP contribution in [0.4, 0.5) is 0 Å². The molecule has 3 heteroatoms. The van der Waals surface area contributed by atoms with E-state index in [0.29, 0.717) is 0 Å². The molecule has 0 bridgehead atoms. The van der Waals surface area contributed by atoms with E-state index in [2.05, 4.69) is 60.6 Å². The van der Waals surface area contributed by atoms with Crippen LogP contribution in [0, 0.1) is 0 Å².